The van der Waals surface area contributed by atoms with Crippen LogP contribution in [0.15, 0.2) is 36.5 Å². The van der Waals surface area contributed by atoms with Gasteiger partial charge in [0.2, 0.25) is 0 Å². The Bertz CT molecular complexity index is 745. The first-order valence-electron chi connectivity index (χ1n) is 9.48. The lowest BCUT2D eigenvalue weighted by atomic mass is 10.2. The van der Waals surface area contributed by atoms with Gasteiger partial charge in [0.1, 0.15) is 0 Å². The minimum absolute atomic E-state index is 0.0127. The highest BCUT2D eigenvalue weighted by atomic mass is 16.5. The average Bonchev–Trinajstić information content (AvgIpc) is 3.10. The van der Waals surface area contributed by atoms with E-state index in [0.29, 0.717) is 25.4 Å². The van der Waals surface area contributed by atoms with Crippen LogP contribution in [0.2, 0.25) is 0 Å². The summed E-state index contributed by atoms with van der Waals surface area (Å²) in [4.78, 5) is 17.1. The zero-order valence-electron chi connectivity index (χ0n) is 15.4. The van der Waals surface area contributed by atoms with Crippen LogP contribution in [0.1, 0.15) is 16.9 Å². The molecule has 8 heteroatoms. The van der Waals surface area contributed by atoms with Gasteiger partial charge in [-0.2, -0.15) is 0 Å². The van der Waals surface area contributed by atoms with Gasteiger partial charge in [-0.05, 0) is 18.6 Å². The second kappa shape index (κ2) is 8.60. The van der Waals surface area contributed by atoms with Crippen LogP contribution < -0.4 is 0 Å². The molecule has 0 aliphatic carbocycles. The van der Waals surface area contributed by atoms with Crippen LogP contribution in [-0.2, 0) is 9.47 Å². The number of ether oxygens (including phenoxy) is 2. The molecule has 1 unspecified atom stereocenters. The van der Waals surface area contributed by atoms with Crippen LogP contribution in [0.3, 0.4) is 0 Å². The van der Waals surface area contributed by atoms with E-state index < -0.39 is 0 Å². The maximum atomic E-state index is 13.0. The van der Waals surface area contributed by atoms with E-state index in [4.69, 9.17) is 9.47 Å². The lowest BCUT2D eigenvalue weighted by molar-refractivity contribution is -0.0112. The maximum absolute atomic E-state index is 13.0. The van der Waals surface area contributed by atoms with Crippen molar-refractivity contribution in [2.75, 3.05) is 52.5 Å². The molecule has 2 aromatic rings. The van der Waals surface area contributed by atoms with Crippen LogP contribution in [0.5, 0.6) is 0 Å². The number of aromatic nitrogens is 3. The van der Waals surface area contributed by atoms with E-state index in [1.807, 2.05) is 35.2 Å². The SMILES string of the molecule is O=C(c1cn(-c2ccccc2)nn1)N1CCCOC(CN2CCOCC2)C1. The average molecular weight is 371 g/mol. The van der Waals surface area contributed by atoms with E-state index in [2.05, 4.69) is 15.2 Å². The molecule has 0 spiro atoms. The number of carbonyl (C=O) groups excluding carboxylic acids is 1. The lowest BCUT2D eigenvalue weighted by Gasteiger charge is -2.31. The number of benzene rings is 1. The fourth-order valence-corrected chi connectivity index (χ4v) is 3.49. The molecular formula is C19H25N5O3. The molecule has 27 heavy (non-hydrogen) atoms. The number of morpholine rings is 1. The lowest BCUT2D eigenvalue weighted by Crippen LogP contribution is -2.45. The predicted octanol–water partition coefficient (Wildman–Crippen LogP) is 0.831. The van der Waals surface area contributed by atoms with Crippen molar-refractivity contribution in [3.63, 3.8) is 0 Å². The summed E-state index contributed by atoms with van der Waals surface area (Å²) in [5, 5.41) is 8.20. The Morgan fingerprint density at radius 3 is 2.74 bits per heavy atom. The van der Waals surface area contributed by atoms with Gasteiger partial charge in [0.25, 0.3) is 5.91 Å². The zero-order chi connectivity index (χ0) is 18.5. The Labute approximate surface area is 158 Å². The van der Waals surface area contributed by atoms with Gasteiger partial charge in [-0.25, -0.2) is 4.68 Å². The predicted molar refractivity (Wildman–Crippen MR) is 98.9 cm³/mol. The number of hydrogen-bond acceptors (Lipinski definition) is 6. The number of rotatable bonds is 4. The maximum Gasteiger partial charge on any atom is 0.276 e. The monoisotopic (exact) mass is 371 g/mol. The summed E-state index contributed by atoms with van der Waals surface area (Å²) < 4.78 is 13.0. The Balaban J connectivity index is 1.42. The molecule has 2 aliphatic heterocycles. The normalized spacial score (nSPS) is 21.8. The number of carbonyl (C=O) groups is 1. The highest BCUT2D eigenvalue weighted by Crippen LogP contribution is 2.13. The fraction of sp³-hybridized carbons (Fsp3) is 0.526. The van der Waals surface area contributed by atoms with Gasteiger partial charge in [-0.1, -0.05) is 23.4 Å². The van der Waals surface area contributed by atoms with Crippen LogP contribution in [-0.4, -0.2) is 89.3 Å². The van der Waals surface area contributed by atoms with Gasteiger partial charge in [0, 0.05) is 39.3 Å². The molecule has 0 N–H and O–H groups in total. The van der Waals surface area contributed by atoms with Crippen molar-refractivity contribution in [3.05, 3.63) is 42.2 Å². The summed E-state index contributed by atoms with van der Waals surface area (Å²) in [7, 11) is 0. The minimum Gasteiger partial charge on any atom is -0.379 e. The summed E-state index contributed by atoms with van der Waals surface area (Å²) in [6.45, 7) is 6.11. The molecule has 0 bridgehead atoms. The standard InChI is InChI=1S/C19H25N5O3/c25-19(18-15-24(21-20-18)16-5-2-1-3-6-16)23-7-4-10-27-17(14-23)13-22-8-11-26-12-9-22/h1-3,5-6,15,17H,4,7-14H2. The molecule has 144 valence electrons. The molecule has 2 saturated heterocycles. The first-order valence-corrected chi connectivity index (χ1v) is 9.48. The topological polar surface area (TPSA) is 72.7 Å². The summed E-state index contributed by atoms with van der Waals surface area (Å²) in [6, 6.07) is 9.67. The minimum atomic E-state index is -0.0883. The first-order chi connectivity index (χ1) is 13.3. The molecule has 1 amide bonds. The van der Waals surface area contributed by atoms with Crippen molar-refractivity contribution < 1.29 is 14.3 Å². The molecule has 1 aromatic heterocycles. The summed E-state index contributed by atoms with van der Waals surface area (Å²) in [5.74, 6) is -0.0883. The Hall–Kier alpha value is -2.29. The quantitative estimate of drug-likeness (QED) is 0.793. The third-order valence-electron chi connectivity index (χ3n) is 4.94. The number of nitrogens with zero attached hydrogens (tertiary/aromatic N) is 5. The number of para-hydroxylation sites is 1. The van der Waals surface area contributed by atoms with Crippen molar-refractivity contribution in [3.8, 4) is 5.69 Å². The summed E-state index contributed by atoms with van der Waals surface area (Å²) in [5.41, 5.74) is 1.25. The number of amides is 1. The third kappa shape index (κ3) is 4.52. The Morgan fingerprint density at radius 2 is 1.93 bits per heavy atom. The van der Waals surface area contributed by atoms with E-state index in [-0.39, 0.29) is 12.0 Å². The smallest absolute Gasteiger partial charge is 0.276 e. The van der Waals surface area contributed by atoms with E-state index in [9.17, 15) is 4.79 Å². The zero-order valence-corrected chi connectivity index (χ0v) is 15.4. The second-order valence-electron chi connectivity index (χ2n) is 6.89. The van der Waals surface area contributed by atoms with Crippen molar-refractivity contribution >= 4 is 5.91 Å². The van der Waals surface area contributed by atoms with Crippen LogP contribution in [0.4, 0.5) is 0 Å². The summed E-state index contributed by atoms with van der Waals surface area (Å²) >= 11 is 0. The van der Waals surface area contributed by atoms with E-state index in [0.717, 1.165) is 45.0 Å². The van der Waals surface area contributed by atoms with E-state index in [1.165, 1.54) is 0 Å². The van der Waals surface area contributed by atoms with E-state index >= 15 is 0 Å². The highest BCUT2D eigenvalue weighted by Gasteiger charge is 2.27. The fourth-order valence-electron chi connectivity index (χ4n) is 3.49. The van der Waals surface area contributed by atoms with Gasteiger partial charge in [0.05, 0.1) is 31.2 Å². The summed E-state index contributed by atoms with van der Waals surface area (Å²) in [6.07, 6.45) is 2.54. The molecular weight excluding hydrogens is 346 g/mol. The molecule has 2 aliphatic rings. The van der Waals surface area contributed by atoms with Gasteiger partial charge in [-0.15, -0.1) is 5.10 Å². The number of hydrogen-bond donors (Lipinski definition) is 0. The molecule has 2 fully saturated rings. The van der Waals surface area contributed by atoms with Crippen LogP contribution in [0, 0.1) is 0 Å². The van der Waals surface area contributed by atoms with Crippen molar-refractivity contribution in [2.24, 2.45) is 0 Å². The Kier molecular flexibility index (Phi) is 5.76. The largest absolute Gasteiger partial charge is 0.379 e. The van der Waals surface area contributed by atoms with Crippen LogP contribution in [0.25, 0.3) is 5.69 Å². The van der Waals surface area contributed by atoms with Crippen LogP contribution >= 0.6 is 0 Å². The van der Waals surface area contributed by atoms with E-state index in [1.54, 1.807) is 10.9 Å². The molecule has 1 aromatic carbocycles. The second-order valence-corrected chi connectivity index (χ2v) is 6.89. The first kappa shape index (κ1) is 18.1. The van der Waals surface area contributed by atoms with Gasteiger partial charge in [-0.3, -0.25) is 9.69 Å². The van der Waals surface area contributed by atoms with Crippen molar-refractivity contribution in [1.29, 1.82) is 0 Å². The van der Waals surface area contributed by atoms with Gasteiger partial charge >= 0.3 is 0 Å². The highest BCUT2D eigenvalue weighted by molar-refractivity contribution is 5.92. The molecule has 1 atom stereocenters. The molecule has 0 radical (unpaired) electrons. The molecule has 8 nitrogen and oxygen atoms in total. The molecule has 0 saturated carbocycles. The van der Waals surface area contributed by atoms with Gasteiger partial charge in [0.15, 0.2) is 5.69 Å². The van der Waals surface area contributed by atoms with Gasteiger partial charge < -0.3 is 14.4 Å². The molecule has 4 rings (SSSR count). The molecule has 3 heterocycles. The third-order valence-corrected chi connectivity index (χ3v) is 4.94. The van der Waals surface area contributed by atoms with Crippen molar-refractivity contribution in [1.82, 2.24) is 24.8 Å². The Morgan fingerprint density at radius 1 is 1.11 bits per heavy atom. The van der Waals surface area contributed by atoms with Crippen molar-refractivity contribution in [2.45, 2.75) is 12.5 Å².